The third kappa shape index (κ3) is 3.00. The first-order chi connectivity index (χ1) is 9.32. The largest absolute Gasteiger partial charge is 0.393 e. The summed E-state index contributed by atoms with van der Waals surface area (Å²) in [5.41, 5.74) is -0.445. The molecule has 7 nitrogen and oxygen atoms in total. The van der Waals surface area contributed by atoms with Crippen molar-refractivity contribution in [3.05, 3.63) is 32.8 Å². The van der Waals surface area contributed by atoms with Crippen LogP contribution in [0.1, 0.15) is 12.8 Å². The Kier molecular flexibility index (Phi) is 4.43. The molecule has 1 aliphatic heterocycles. The lowest BCUT2D eigenvalue weighted by Crippen LogP contribution is -2.40. The molecule has 20 heavy (non-hydrogen) atoms. The van der Waals surface area contributed by atoms with Gasteiger partial charge in [0.1, 0.15) is 0 Å². The quantitative estimate of drug-likeness (QED) is 0.646. The third-order valence-corrected chi connectivity index (χ3v) is 5.58. The summed E-state index contributed by atoms with van der Waals surface area (Å²) in [5, 5.41) is 20.4. The normalized spacial score (nSPS) is 18.1. The fraction of sp³-hybridized carbons (Fsp3) is 0.455. The second kappa shape index (κ2) is 5.76. The van der Waals surface area contributed by atoms with Crippen LogP contribution in [-0.2, 0) is 10.0 Å². The Morgan fingerprint density at radius 2 is 1.95 bits per heavy atom. The van der Waals surface area contributed by atoms with Crippen molar-refractivity contribution in [3.63, 3.8) is 0 Å². The van der Waals surface area contributed by atoms with Gasteiger partial charge in [0, 0.05) is 23.6 Å². The van der Waals surface area contributed by atoms with Gasteiger partial charge in [-0.25, -0.2) is 8.42 Å². The predicted molar refractivity (Wildman–Crippen MR) is 74.8 cm³/mol. The number of sulfonamides is 1. The number of benzene rings is 1. The van der Waals surface area contributed by atoms with Gasteiger partial charge in [-0.15, -0.1) is 0 Å². The molecule has 1 fully saturated rings. The molecule has 0 unspecified atom stereocenters. The molecular weight excluding hydrogens is 352 g/mol. The highest BCUT2D eigenvalue weighted by Gasteiger charge is 2.33. The van der Waals surface area contributed by atoms with Gasteiger partial charge < -0.3 is 5.11 Å². The van der Waals surface area contributed by atoms with Crippen molar-refractivity contribution in [2.45, 2.75) is 23.8 Å². The predicted octanol–water partition coefficient (Wildman–Crippen LogP) is 1.50. The van der Waals surface area contributed by atoms with E-state index in [0.717, 1.165) is 6.07 Å². The van der Waals surface area contributed by atoms with Crippen molar-refractivity contribution in [1.29, 1.82) is 0 Å². The number of piperidine rings is 1. The Labute approximate surface area is 124 Å². The average Bonchev–Trinajstić information content (AvgIpc) is 2.38. The molecule has 1 N–H and O–H groups in total. The van der Waals surface area contributed by atoms with Crippen molar-refractivity contribution in [3.8, 4) is 0 Å². The highest BCUT2D eigenvalue weighted by molar-refractivity contribution is 9.10. The van der Waals surface area contributed by atoms with E-state index in [2.05, 4.69) is 15.9 Å². The summed E-state index contributed by atoms with van der Waals surface area (Å²) in [6, 6.07) is 3.82. The first kappa shape index (κ1) is 15.4. The van der Waals surface area contributed by atoms with Gasteiger partial charge in [-0.2, -0.15) is 4.31 Å². The van der Waals surface area contributed by atoms with Gasteiger partial charge in [0.2, 0.25) is 10.0 Å². The van der Waals surface area contributed by atoms with Crippen molar-refractivity contribution in [2.75, 3.05) is 13.1 Å². The standard InChI is InChI=1S/C11H13BrN2O5S/c12-8-1-2-10(14(16)17)11(7-8)20(18,19)13-5-3-9(15)4-6-13/h1-2,7,9,15H,3-6H2. The van der Waals surface area contributed by atoms with E-state index in [4.69, 9.17) is 0 Å². The maximum Gasteiger partial charge on any atom is 0.289 e. The van der Waals surface area contributed by atoms with Crippen LogP contribution in [0.5, 0.6) is 0 Å². The number of aliphatic hydroxyl groups excluding tert-OH is 1. The number of nitrogens with zero attached hydrogens (tertiary/aromatic N) is 2. The van der Waals surface area contributed by atoms with Crippen LogP contribution in [-0.4, -0.2) is 41.9 Å². The van der Waals surface area contributed by atoms with Crippen molar-refractivity contribution < 1.29 is 18.4 Å². The minimum atomic E-state index is -3.93. The third-order valence-electron chi connectivity index (χ3n) is 3.16. The summed E-state index contributed by atoms with van der Waals surface area (Å²) in [5.74, 6) is 0. The molecular formula is C11H13BrN2O5S. The number of hydrogen-bond acceptors (Lipinski definition) is 5. The molecule has 1 saturated heterocycles. The van der Waals surface area contributed by atoms with E-state index in [-0.39, 0.29) is 18.0 Å². The molecule has 0 aromatic heterocycles. The Bertz CT molecular complexity index is 626. The van der Waals surface area contributed by atoms with Crippen LogP contribution < -0.4 is 0 Å². The fourth-order valence-electron chi connectivity index (χ4n) is 2.07. The topological polar surface area (TPSA) is 101 Å². The van der Waals surface area contributed by atoms with Crippen LogP contribution in [0.3, 0.4) is 0 Å². The lowest BCUT2D eigenvalue weighted by molar-refractivity contribution is -0.387. The minimum Gasteiger partial charge on any atom is -0.393 e. The van der Waals surface area contributed by atoms with Gasteiger partial charge in [-0.1, -0.05) is 15.9 Å². The van der Waals surface area contributed by atoms with E-state index < -0.39 is 26.7 Å². The lowest BCUT2D eigenvalue weighted by atomic mass is 10.1. The van der Waals surface area contributed by atoms with Crippen molar-refractivity contribution in [2.24, 2.45) is 0 Å². The first-order valence-corrected chi connectivity index (χ1v) is 8.18. The molecule has 0 spiro atoms. The van der Waals surface area contributed by atoms with Crippen LogP contribution in [0.15, 0.2) is 27.6 Å². The molecule has 0 radical (unpaired) electrons. The number of hydrogen-bond donors (Lipinski definition) is 1. The monoisotopic (exact) mass is 364 g/mol. The second-order valence-electron chi connectivity index (χ2n) is 4.50. The summed E-state index contributed by atoms with van der Waals surface area (Å²) < 4.78 is 26.6. The van der Waals surface area contributed by atoms with E-state index in [0.29, 0.717) is 17.3 Å². The number of rotatable bonds is 3. The molecule has 1 aliphatic rings. The van der Waals surface area contributed by atoms with Crippen molar-refractivity contribution in [1.82, 2.24) is 4.31 Å². The second-order valence-corrected chi connectivity index (χ2v) is 7.33. The van der Waals surface area contributed by atoms with Gasteiger partial charge in [0.05, 0.1) is 11.0 Å². The van der Waals surface area contributed by atoms with E-state index in [9.17, 15) is 23.6 Å². The maximum absolute atomic E-state index is 12.5. The number of halogens is 1. The van der Waals surface area contributed by atoms with Crippen LogP contribution >= 0.6 is 15.9 Å². The van der Waals surface area contributed by atoms with E-state index >= 15 is 0 Å². The van der Waals surface area contributed by atoms with Crippen LogP contribution in [0, 0.1) is 10.1 Å². The molecule has 0 atom stereocenters. The summed E-state index contributed by atoms with van der Waals surface area (Å²) in [7, 11) is -3.93. The first-order valence-electron chi connectivity index (χ1n) is 5.94. The van der Waals surface area contributed by atoms with Crippen molar-refractivity contribution >= 4 is 31.6 Å². The molecule has 1 aromatic carbocycles. The van der Waals surface area contributed by atoms with E-state index in [1.807, 2.05) is 0 Å². The van der Waals surface area contributed by atoms with Gasteiger partial charge in [-0.05, 0) is 25.0 Å². The molecule has 110 valence electrons. The molecule has 1 aromatic rings. The van der Waals surface area contributed by atoms with Gasteiger partial charge >= 0.3 is 0 Å². The molecule has 0 amide bonds. The fourth-order valence-corrected chi connectivity index (χ4v) is 4.23. The summed E-state index contributed by atoms with van der Waals surface area (Å²) in [4.78, 5) is 9.95. The highest BCUT2D eigenvalue weighted by Crippen LogP contribution is 2.30. The van der Waals surface area contributed by atoms with Crippen LogP contribution in [0.2, 0.25) is 0 Å². The smallest absolute Gasteiger partial charge is 0.289 e. The Hall–Kier alpha value is -1.03. The molecule has 0 bridgehead atoms. The molecule has 1 heterocycles. The van der Waals surface area contributed by atoms with Gasteiger partial charge in [0.15, 0.2) is 4.90 Å². The lowest BCUT2D eigenvalue weighted by Gasteiger charge is -2.28. The Morgan fingerprint density at radius 3 is 2.50 bits per heavy atom. The van der Waals surface area contributed by atoms with E-state index in [1.54, 1.807) is 0 Å². The van der Waals surface area contributed by atoms with Gasteiger partial charge in [-0.3, -0.25) is 10.1 Å². The molecule has 0 saturated carbocycles. The Morgan fingerprint density at radius 1 is 1.35 bits per heavy atom. The number of nitro groups is 1. The van der Waals surface area contributed by atoms with E-state index in [1.165, 1.54) is 16.4 Å². The van der Waals surface area contributed by atoms with Crippen LogP contribution in [0.25, 0.3) is 0 Å². The summed E-state index contributed by atoms with van der Waals surface area (Å²) in [6.07, 6.45) is 0.154. The number of aliphatic hydroxyl groups is 1. The molecule has 9 heteroatoms. The molecule has 2 rings (SSSR count). The minimum absolute atomic E-state index is 0.160. The average molecular weight is 365 g/mol. The zero-order chi connectivity index (χ0) is 14.9. The molecule has 0 aliphatic carbocycles. The SMILES string of the molecule is O=[N+]([O-])c1ccc(Br)cc1S(=O)(=O)N1CCC(O)CC1. The summed E-state index contributed by atoms with van der Waals surface area (Å²) >= 11 is 3.13. The summed E-state index contributed by atoms with van der Waals surface area (Å²) in [6.45, 7) is 0.320. The van der Waals surface area contributed by atoms with Crippen LogP contribution in [0.4, 0.5) is 5.69 Å². The Balaban J connectivity index is 2.43. The highest BCUT2D eigenvalue weighted by atomic mass is 79.9. The van der Waals surface area contributed by atoms with Gasteiger partial charge in [0.25, 0.3) is 5.69 Å². The number of nitro benzene ring substituents is 1. The zero-order valence-corrected chi connectivity index (χ0v) is 12.8. The maximum atomic E-state index is 12.5. The zero-order valence-electron chi connectivity index (χ0n) is 10.4.